The molecule has 0 aliphatic carbocycles. The predicted octanol–water partition coefficient (Wildman–Crippen LogP) is 0.646. The largest absolute Gasteiger partial charge is 0.395 e. The number of hydrogen-bond acceptors (Lipinski definition) is 4. The fourth-order valence-electron chi connectivity index (χ4n) is 1.69. The number of rotatable bonds is 5. The highest BCUT2D eigenvalue weighted by molar-refractivity contribution is 7.89. The van der Waals surface area contributed by atoms with Gasteiger partial charge in [0.15, 0.2) is 0 Å². The van der Waals surface area contributed by atoms with Crippen LogP contribution in [0.3, 0.4) is 0 Å². The average Bonchev–Trinajstić information content (AvgIpc) is 2.36. The Hall–Kier alpha value is -1.50. The van der Waals surface area contributed by atoms with Crippen molar-refractivity contribution < 1.29 is 13.5 Å². The van der Waals surface area contributed by atoms with E-state index in [-0.39, 0.29) is 18.9 Å². The number of hydrogen-bond donors (Lipinski definition) is 2. The summed E-state index contributed by atoms with van der Waals surface area (Å²) in [6, 6.07) is 9.38. The van der Waals surface area contributed by atoms with Gasteiger partial charge >= 0.3 is 0 Å². The normalized spacial score (nSPS) is 11.8. The van der Waals surface area contributed by atoms with Gasteiger partial charge in [-0.2, -0.15) is 0 Å². The maximum atomic E-state index is 11.4. The van der Waals surface area contributed by atoms with Gasteiger partial charge in [0.05, 0.1) is 17.9 Å². The number of benzene rings is 1. The number of nitrogens with zero attached hydrogens (tertiary/aromatic N) is 1. The summed E-state index contributed by atoms with van der Waals surface area (Å²) in [5.41, 5.74) is 1.60. The van der Waals surface area contributed by atoms with E-state index in [9.17, 15) is 8.42 Å². The van der Waals surface area contributed by atoms with Crippen LogP contribution in [0.2, 0.25) is 0 Å². The molecule has 2 N–H and O–H groups in total. The van der Waals surface area contributed by atoms with E-state index in [0.29, 0.717) is 0 Å². The number of para-hydroxylation sites is 1. The number of aliphatic hydroxyl groups is 1. The lowest BCUT2D eigenvalue weighted by Gasteiger charge is -2.07. The van der Waals surface area contributed by atoms with E-state index in [4.69, 9.17) is 5.11 Å². The zero-order valence-corrected chi connectivity index (χ0v) is 10.5. The fourth-order valence-corrected chi connectivity index (χ4v) is 2.45. The minimum atomic E-state index is -3.43. The molecule has 5 nitrogen and oxygen atoms in total. The third-order valence-corrected chi connectivity index (χ3v) is 3.86. The Morgan fingerprint density at radius 1 is 1.22 bits per heavy atom. The second-order valence-electron chi connectivity index (χ2n) is 3.86. The van der Waals surface area contributed by atoms with Gasteiger partial charge in [0.1, 0.15) is 0 Å². The SMILES string of the molecule is O=S(=O)(CCO)NCc1cccc2cccnc12. The molecule has 18 heavy (non-hydrogen) atoms. The van der Waals surface area contributed by atoms with E-state index >= 15 is 0 Å². The van der Waals surface area contributed by atoms with Crippen molar-refractivity contribution in [2.75, 3.05) is 12.4 Å². The molecule has 2 aromatic rings. The number of sulfonamides is 1. The number of nitrogens with one attached hydrogen (secondary N) is 1. The molecule has 0 aliphatic heterocycles. The lowest BCUT2D eigenvalue weighted by atomic mass is 10.1. The third-order valence-electron chi connectivity index (χ3n) is 2.56. The molecule has 0 fully saturated rings. The van der Waals surface area contributed by atoms with Gasteiger partial charge in [0.2, 0.25) is 10.0 Å². The molecule has 0 radical (unpaired) electrons. The average molecular weight is 266 g/mol. The van der Waals surface area contributed by atoms with Gasteiger partial charge in [0, 0.05) is 18.1 Å². The van der Waals surface area contributed by atoms with Gasteiger partial charge in [-0.3, -0.25) is 4.98 Å². The van der Waals surface area contributed by atoms with Crippen LogP contribution < -0.4 is 4.72 Å². The maximum Gasteiger partial charge on any atom is 0.214 e. The zero-order chi connectivity index (χ0) is 13.0. The van der Waals surface area contributed by atoms with Crippen LogP contribution in [0.15, 0.2) is 36.5 Å². The number of aliphatic hydroxyl groups excluding tert-OH is 1. The summed E-state index contributed by atoms with van der Waals surface area (Å²) in [6.45, 7) is -0.209. The summed E-state index contributed by atoms with van der Waals surface area (Å²) in [4.78, 5) is 4.24. The molecule has 2 rings (SSSR count). The number of aromatic nitrogens is 1. The van der Waals surface area contributed by atoms with Crippen LogP contribution in [0.1, 0.15) is 5.56 Å². The molecule has 0 unspecified atom stereocenters. The lowest BCUT2D eigenvalue weighted by Crippen LogP contribution is -2.27. The topological polar surface area (TPSA) is 79.3 Å². The van der Waals surface area contributed by atoms with E-state index in [1.165, 1.54) is 0 Å². The van der Waals surface area contributed by atoms with Gasteiger partial charge in [-0.15, -0.1) is 0 Å². The molecule has 1 aromatic carbocycles. The monoisotopic (exact) mass is 266 g/mol. The Labute approximate surface area is 106 Å². The van der Waals surface area contributed by atoms with E-state index in [1.807, 2.05) is 30.3 Å². The summed E-state index contributed by atoms with van der Waals surface area (Å²) < 4.78 is 25.3. The Morgan fingerprint density at radius 2 is 2.00 bits per heavy atom. The lowest BCUT2D eigenvalue weighted by molar-refractivity contribution is 0.319. The summed E-state index contributed by atoms with van der Waals surface area (Å²) in [5, 5.41) is 9.61. The molecule has 0 bridgehead atoms. The van der Waals surface area contributed by atoms with Crippen molar-refractivity contribution in [1.29, 1.82) is 0 Å². The molecule has 6 heteroatoms. The van der Waals surface area contributed by atoms with Crippen LogP contribution in [-0.2, 0) is 16.6 Å². The molecule has 1 heterocycles. The predicted molar refractivity (Wildman–Crippen MR) is 69.5 cm³/mol. The van der Waals surface area contributed by atoms with E-state index in [0.717, 1.165) is 16.5 Å². The van der Waals surface area contributed by atoms with Gasteiger partial charge in [-0.25, -0.2) is 13.1 Å². The van der Waals surface area contributed by atoms with Crippen molar-refractivity contribution in [3.63, 3.8) is 0 Å². The highest BCUT2D eigenvalue weighted by atomic mass is 32.2. The number of pyridine rings is 1. The first kappa shape index (κ1) is 12.9. The van der Waals surface area contributed by atoms with Gasteiger partial charge in [-0.1, -0.05) is 24.3 Å². The van der Waals surface area contributed by atoms with Crippen LogP contribution in [0.5, 0.6) is 0 Å². The fraction of sp³-hybridized carbons (Fsp3) is 0.250. The molecular weight excluding hydrogens is 252 g/mol. The minimum Gasteiger partial charge on any atom is -0.395 e. The molecule has 0 spiro atoms. The van der Waals surface area contributed by atoms with Crippen molar-refractivity contribution in [3.05, 3.63) is 42.1 Å². The first-order chi connectivity index (χ1) is 8.62. The third kappa shape index (κ3) is 3.04. The Bertz CT molecular complexity index is 635. The summed E-state index contributed by atoms with van der Waals surface area (Å²) in [7, 11) is -3.43. The van der Waals surface area contributed by atoms with Crippen molar-refractivity contribution in [1.82, 2.24) is 9.71 Å². The van der Waals surface area contributed by atoms with Crippen molar-refractivity contribution >= 4 is 20.9 Å². The quantitative estimate of drug-likeness (QED) is 0.832. The van der Waals surface area contributed by atoms with Gasteiger partial charge < -0.3 is 5.11 Å². The van der Waals surface area contributed by atoms with Crippen LogP contribution >= 0.6 is 0 Å². The van der Waals surface area contributed by atoms with Crippen LogP contribution in [0.4, 0.5) is 0 Å². The van der Waals surface area contributed by atoms with E-state index in [2.05, 4.69) is 9.71 Å². The van der Waals surface area contributed by atoms with Crippen LogP contribution in [0.25, 0.3) is 10.9 Å². The first-order valence-electron chi connectivity index (χ1n) is 5.53. The van der Waals surface area contributed by atoms with Crippen LogP contribution in [-0.4, -0.2) is 30.9 Å². The van der Waals surface area contributed by atoms with E-state index < -0.39 is 10.0 Å². The Balaban J connectivity index is 2.22. The molecule has 1 aromatic heterocycles. The second-order valence-corrected chi connectivity index (χ2v) is 5.78. The first-order valence-corrected chi connectivity index (χ1v) is 7.18. The molecule has 96 valence electrons. The Kier molecular flexibility index (Phi) is 3.90. The summed E-state index contributed by atoms with van der Waals surface area (Å²) >= 11 is 0. The van der Waals surface area contributed by atoms with Crippen molar-refractivity contribution in [2.24, 2.45) is 0 Å². The van der Waals surface area contributed by atoms with Crippen molar-refractivity contribution in [2.45, 2.75) is 6.54 Å². The maximum absolute atomic E-state index is 11.4. The van der Waals surface area contributed by atoms with Gasteiger partial charge in [0.25, 0.3) is 0 Å². The summed E-state index contributed by atoms with van der Waals surface area (Å²) in [6.07, 6.45) is 1.67. The smallest absolute Gasteiger partial charge is 0.214 e. The molecule has 0 aliphatic rings. The summed E-state index contributed by atoms with van der Waals surface area (Å²) in [5.74, 6) is -0.287. The highest BCUT2D eigenvalue weighted by Crippen LogP contribution is 2.15. The minimum absolute atomic E-state index is 0.177. The molecular formula is C12H14N2O3S. The number of fused-ring (bicyclic) bond motifs is 1. The highest BCUT2D eigenvalue weighted by Gasteiger charge is 2.10. The van der Waals surface area contributed by atoms with E-state index in [1.54, 1.807) is 6.20 Å². The Morgan fingerprint density at radius 3 is 2.78 bits per heavy atom. The molecule has 0 atom stereocenters. The van der Waals surface area contributed by atoms with Crippen molar-refractivity contribution in [3.8, 4) is 0 Å². The standard InChI is InChI=1S/C12H14N2O3S/c15-7-8-18(16,17)14-9-11-4-1-3-10-5-2-6-13-12(10)11/h1-6,14-15H,7-9H2. The molecule has 0 saturated heterocycles. The van der Waals surface area contributed by atoms with Crippen LogP contribution in [0, 0.1) is 0 Å². The molecule has 0 amide bonds. The second kappa shape index (κ2) is 5.43. The zero-order valence-electron chi connectivity index (χ0n) is 9.70. The molecule has 0 saturated carbocycles. The van der Waals surface area contributed by atoms with Gasteiger partial charge in [-0.05, 0) is 11.6 Å².